The van der Waals surface area contributed by atoms with Gasteiger partial charge in [0.2, 0.25) is 0 Å². The van der Waals surface area contributed by atoms with E-state index in [-0.39, 0.29) is 5.91 Å². The summed E-state index contributed by atoms with van der Waals surface area (Å²) in [7, 11) is 1.91. The summed E-state index contributed by atoms with van der Waals surface area (Å²) < 4.78 is 0. The van der Waals surface area contributed by atoms with Gasteiger partial charge in [0, 0.05) is 31.4 Å². The van der Waals surface area contributed by atoms with Crippen molar-refractivity contribution in [1.29, 1.82) is 0 Å². The van der Waals surface area contributed by atoms with Gasteiger partial charge in [-0.2, -0.15) is 0 Å². The second kappa shape index (κ2) is 7.48. The summed E-state index contributed by atoms with van der Waals surface area (Å²) in [5.41, 5.74) is 3.04. The maximum absolute atomic E-state index is 12.7. The number of nitrogens with zero attached hydrogens (tertiary/aromatic N) is 1. The predicted molar refractivity (Wildman–Crippen MR) is 88.9 cm³/mol. The Bertz CT molecular complexity index is 484. The number of aryl methyl sites for hydroxylation is 1. The molecule has 116 valence electrons. The van der Waals surface area contributed by atoms with Crippen LogP contribution >= 0.6 is 0 Å². The number of hydrogen-bond acceptors (Lipinski definition) is 2. The van der Waals surface area contributed by atoms with E-state index in [1.807, 2.05) is 37.1 Å². The molecule has 2 rings (SSSR count). The number of rotatable bonds is 4. The Balaban J connectivity index is 2.04. The molecule has 0 aliphatic carbocycles. The zero-order valence-corrected chi connectivity index (χ0v) is 13.6. The third kappa shape index (κ3) is 3.99. The highest BCUT2D eigenvalue weighted by molar-refractivity contribution is 5.95. The third-order valence-corrected chi connectivity index (χ3v) is 4.57. The molecule has 21 heavy (non-hydrogen) atoms. The van der Waals surface area contributed by atoms with Crippen molar-refractivity contribution < 1.29 is 4.79 Å². The zero-order chi connectivity index (χ0) is 15.2. The second-order valence-electron chi connectivity index (χ2n) is 6.16. The Kier molecular flexibility index (Phi) is 5.66. The van der Waals surface area contributed by atoms with Gasteiger partial charge in [0.15, 0.2) is 0 Å². The van der Waals surface area contributed by atoms with Crippen molar-refractivity contribution >= 4 is 11.6 Å². The largest absolute Gasteiger partial charge is 0.388 e. The van der Waals surface area contributed by atoms with Gasteiger partial charge in [0.1, 0.15) is 0 Å². The van der Waals surface area contributed by atoms with Gasteiger partial charge in [-0.25, -0.2) is 0 Å². The van der Waals surface area contributed by atoms with E-state index in [1.165, 1.54) is 19.3 Å². The molecule has 1 saturated heterocycles. The molecule has 1 aromatic carbocycles. The van der Waals surface area contributed by atoms with Crippen LogP contribution in [0, 0.1) is 12.8 Å². The lowest BCUT2D eigenvalue weighted by atomic mass is 9.96. The Hall–Kier alpha value is -1.51. The summed E-state index contributed by atoms with van der Waals surface area (Å²) in [5, 5.41) is 3.15. The third-order valence-electron chi connectivity index (χ3n) is 4.57. The first-order chi connectivity index (χ1) is 10.2. The molecule has 0 spiro atoms. The van der Waals surface area contributed by atoms with E-state index in [0.29, 0.717) is 0 Å². The van der Waals surface area contributed by atoms with Gasteiger partial charge in [0.25, 0.3) is 5.91 Å². The molecule has 0 radical (unpaired) electrons. The number of benzene rings is 1. The molecule has 1 N–H and O–H groups in total. The number of likely N-dealkylation sites (tertiary alicyclic amines) is 1. The number of nitrogens with one attached hydrogen (secondary N) is 1. The average Bonchev–Trinajstić information content (AvgIpc) is 2.72. The first-order valence-electron chi connectivity index (χ1n) is 8.23. The van der Waals surface area contributed by atoms with Crippen molar-refractivity contribution in [2.45, 2.75) is 46.0 Å². The van der Waals surface area contributed by atoms with E-state index in [1.54, 1.807) is 0 Å². The number of carbonyl (C=O) groups excluding carboxylic acids is 1. The standard InChI is InChI=1S/C18H28N2O/c1-4-6-15-7-5-11-20(12-10-15)18(21)16-8-9-17(19-3)14(2)13-16/h8-9,13,15,19H,4-7,10-12H2,1-3H3. The van der Waals surface area contributed by atoms with Crippen molar-refractivity contribution in [2.24, 2.45) is 5.92 Å². The molecule has 0 bridgehead atoms. The van der Waals surface area contributed by atoms with Gasteiger partial charge < -0.3 is 10.2 Å². The molecule has 1 aliphatic rings. The maximum Gasteiger partial charge on any atom is 0.253 e. The van der Waals surface area contributed by atoms with Gasteiger partial charge in [-0.3, -0.25) is 4.79 Å². The van der Waals surface area contributed by atoms with Crippen LogP contribution in [0.1, 0.15) is 54.9 Å². The summed E-state index contributed by atoms with van der Waals surface area (Å²) in [5.74, 6) is 0.999. The van der Waals surface area contributed by atoms with Crippen LogP contribution in [0.15, 0.2) is 18.2 Å². The predicted octanol–water partition coefficient (Wildman–Crippen LogP) is 4.08. The normalized spacial score (nSPS) is 19.2. The fourth-order valence-corrected chi connectivity index (χ4v) is 3.33. The molecule has 3 nitrogen and oxygen atoms in total. The first-order valence-corrected chi connectivity index (χ1v) is 8.23. The smallest absolute Gasteiger partial charge is 0.253 e. The molecule has 1 fully saturated rings. The highest BCUT2D eigenvalue weighted by atomic mass is 16.2. The fourth-order valence-electron chi connectivity index (χ4n) is 3.33. The highest BCUT2D eigenvalue weighted by Crippen LogP contribution is 2.23. The maximum atomic E-state index is 12.7. The van der Waals surface area contributed by atoms with Crippen molar-refractivity contribution in [1.82, 2.24) is 4.90 Å². The average molecular weight is 288 g/mol. The van der Waals surface area contributed by atoms with Gasteiger partial charge in [-0.15, -0.1) is 0 Å². The number of hydrogen-bond donors (Lipinski definition) is 1. The Morgan fingerprint density at radius 3 is 2.81 bits per heavy atom. The lowest BCUT2D eigenvalue weighted by Gasteiger charge is -2.21. The molecule has 1 aromatic rings. The van der Waals surface area contributed by atoms with Crippen LogP contribution in [0.2, 0.25) is 0 Å². The van der Waals surface area contributed by atoms with Crippen LogP contribution in [0.3, 0.4) is 0 Å². The van der Waals surface area contributed by atoms with E-state index < -0.39 is 0 Å². The summed E-state index contributed by atoms with van der Waals surface area (Å²) in [4.78, 5) is 14.7. The van der Waals surface area contributed by atoms with E-state index in [2.05, 4.69) is 12.2 Å². The van der Waals surface area contributed by atoms with E-state index in [9.17, 15) is 4.79 Å². The number of anilines is 1. The quantitative estimate of drug-likeness (QED) is 0.905. The first kappa shape index (κ1) is 15.9. The van der Waals surface area contributed by atoms with Crippen LogP contribution in [-0.4, -0.2) is 30.9 Å². The molecule has 0 aromatic heterocycles. The lowest BCUT2D eigenvalue weighted by molar-refractivity contribution is 0.0760. The molecular weight excluding hydrogens is 260 g/mol. The van der Waals surface area contributed by atoms with Crippen molar-refractivity contribution in [3.05, 3.63) is 29.3 Å². The van der Waals surface area contributed by atoms with Crippen molar-refractivity contribution in [2.75, 3.05) is 25.5 Å². The van der Waals surface area contributed by atoms with Crippen LogP contribution < -0.4 is 5.32 Å². The molecule has 1 heterocycles. The fraction of sp³-hybridized carbons (Fsp3) is 0.611. The molecule has 1 atom stereocenters. The summed E-state index contributed by atoms with van der Waals surface area (Å²) >= 11 is 0. The van der Waals surface area contributed by atoms with Gasteiger partial charge >= 0.3 is 0 Å². The molecular formula is C18H28N2O. The van der Waals surface area contributed by atoms with E-state index in [4.69, 9.17) is 0 Å². The Labute approximate surface area is 128 Å². The highest BCUT2D eigenvalue weighted by Gasteiger charge is 2.21. The number of carbonyl (C=O) groups is 1. The summed E-state index contributed by atoms with van der Waals surface area (Å²) in [6, 6.07) is 5.94. The van der Waals surface area contributed by atoms with Gasteiger partial charge in [0.05, 0.1) is 0 Å². The van der Waals surface area contributed by atoms with Gasteiger partial charge in [-0.1, -0.05) is 19.8 Å². The van der Waals surface area contributed by atoms with Crippen molar-refractivity contribution in [3.63, 3.8) is 0 Å². The van der Waals surface area contributed by atoms with Crippen LogP contribution in [0.5, 0.6) is 0 Å². The van der Waals surface area contributed by atoms with E-state index >= 15 is 0 Å². The minimum atomic E-state index is 0.193. The molecule has 1 unspecified atom stereocenters. The van der Waals surface area contributed by atoms with Gasteiger partial charge in [-0.05, 0) is 55.9 Å². The van der Waals surface area contributed by atoms with Crippen LogP contribution in [0.25, 0.3) is 0 Å². The minimum absolute atomic E-state index is 0.193. The number of amides is 1. The Morgan fingerprint density at radius 2 is 2.14 bits per heavy atom. The van der Waals surface area contributed by atoms with Crippen LogP contribution in [-0.2, 0) is 0 Å². The molecule has 3 heteroatoms. The minimum Gasteiger partial charge on any atom is -0.388 e. The molecule has 1 amide bonds. The second-order valence-corrected chi connectivity index (χ2v) is 6.16. The van der Waals surface area contributed by atoms with Crippen molar-refractivity contribution in [3.8, 4) is 0 Å². The summed E-state index contributed by atoms with van der Waals surface area (Å²) in [6.45, 7) is 6.12. The Morgan fingerprint density at radius 1 is 1.33 bits per heavy atom. The van der Waals surface area contributed by atoms with E-state index in [0.717, 1.165) is 48.7 Å². The molecule has 0 saturated carbocycles. The SMILES string of the molecule is CCCC1CCCN(C(=O)c2ccc(NC)c(C)c2)CC1. The lowest BCUT2D eigenvalue weighted by Crippen LogP contribution is -2.32. The van der Waals surface area contributed by atoms with Crippen LogP contribution in [0.4, 0.5) is 5.69 Å². The monoisotopic (exact) mass is 288 g/mol. The topological polar surface area (TPSA) is 32.3 Å². The summed E-state index contributed by atoms with van der Waals surface area (Å²) in [6.07, 6.45) is 6.13. The zero-order valence-electron chi connectivity index (χ0n) is 13.6. The molecule has 1 aliphatic heterocycles.